The van der Waals surface area contributed by atoms with E-state index in [2.05, 4.69) is 65.4 Å². The molecule has 28 nitrogen and oxygen atoms in total. The van der Waals surface area contributed by atoms with Gasteiger partial charge in [-0.1, -0.05) is 60.3 Å². The van der Waals surface area contributed by atoms with Crippen LogP contribution >= 0.6 is 0 Å². The van der Waals surface area contributed by atoms with Crippen LogP contribution in [0.4, 0.5) is 0 Å². The standard InChI is InChI=1S/C51H95N15O13/c1-9-10-11-12-13-14-39(69)57-29(6)42(70)65-41(31(8)68)51(79)62-34(17-22-54)44(72)61-36-19-24-56-50(78)40(30(7)67)66-47(75)35(18-23-55)59-43(71)32(15-20-52)60-48(76)37(25-27(2)3)64-49(77)38(26-28(4)5)63-45(73)33(16-21-53)58-46(36)74/h27-38,40-41,67-68H,9-26,52-55H2,1-8H3,(H,56,78)(H,57,69)(H,58,74)(H,59,71)(H,60,76)(H,61,72)(H,62,79)(H,63,73)(H,64,77)(H,65,70)(H,66,75)/t29-,30+,31+,32-,33-,34-,35-,36-,37-,38+,40-,41-/m0/s1. The highest BCUT2D eigenvalue weighted by atomic mass is 16.3. The average Bonchev–Trinajstić information content (AvgIpc) is 3.36. The Hall–Kier alpha value is -6.07. The Balaban J connectivity index is 3.79. The van der Waals surface area contributed by atoms with Gasteiger partial charge in [-0.15, -0.1) is 0 Å². The number of unbranched alkanes of at least 4 members (excludes halogenated alkanes) is 4. The third-order valence-electron chi connectivity index (χ3n) is 12.8. The van der Waals surface area contributed by atoms with Gasteiger partial charge in [-0.25, -0.2) is 0 Å². The summed E-state index contributed by atoms with van der Waals surface area (Å²) in [4.78, 5) is 152. The van der Waals surface area contributed by atoms with Crippen molar-refractivity contribution in [2.24, 2.45) is 34.8 Å². The monoisotopic (exact) mass is 1130 g/mol. The fraction of sp³-hybridized carbons (Fsp3) is 0.784. The molecule has 21 N–H and O–H groups in total. The molecule has 79 heavy (non-hydrogen) atoms. The summed E-state index contributed by atoms with van der Waals surface area (Å²) in [6.07, 6.45) is 0.539. The minimum Gasteiger partial charge on any atom is -0.391 e. The summed E-state index contributed by atoms with van der Waals surface area (Å²) in [5.41, 5.74) is 23.4. The molecule has 12 atom stereocenters. The highest BCUT2D eigenvalue weighted by Crippen LogP contribution is 2.12. The zero-order chi connectivity index (χ0) is 59.9. The zero-order valence-electron chi connectivity index (χ0n) is 47.5. The molecule has 452 valence electrons. The third-order valence-corrected chi connectivity index (χ3v) is 12.8. The number of nitrogens with two attached hydrogens (primary N) is 4. The average molecular weight is 1130 g/mol. The van der Waals surface area contributed by atoms with Crippen LogP contribution in [0.5, 0.6) is 0 Å². The van der Waals surface area contributed by atoms with E-state index in [1.54, 1.807) is 27.7 Å². The lowest BCUT2D eigenvalue weighted by Crippen LogP contribution is -2.61. The van der Waals surface area contributed by atoms with Crippen molar-refractivity contribution in [2.45, 2.75) is 211 Å². The number of carbonyl (C=O) groups is 11. The van der Waals surface area contributed by atoms with Crippen molar-refractivity contribution in [3.63, 3.8) is 0 Å². The van der Waals surface area contributed by atoms with Gasteiger partial charge in [-0.3, -0.25) is 52.7 Å². The first-order valence-corrected chi connectivity index (χ1v) is 27.7. The van der Waals surface area contributed by atoms with Crippen molar-refractivity contribution in [1.82, 2.24) is 58.5 Å². The normalized spacial score (nSPS) is 23.4. The smallest absolute Gasteiger partial charge is 0.245 e. The van der Waals surface area contributed by atoms with Gasteiger partial charge in [-0.05, 0) is 110 Å². The Bertz CT molecular complexity index is 1990. The fourth-order valence-electron chi connectivity index (χ4n) is 8.37. The quantitative estimate of drug-likeness (QED) is 0.0343. The molecule has 28 heteroatoms. The number of nitrogens with one attached hydrogen (secondary N) is 11. The van der Waals surface area contributed by atoms with Crippen molar-refractivity contribution in [2.75, 3.05) is 32.7 Å². The van der Waals surface area contributed by atoms with Gasteiger partial charge in [0, 0.05) is 13.0 Å². The SMILES string of the molecule is CCCCCCCC(=O)N[C@@H](C)C(=O)N[C@H](C(=O)N[C@@H](CCN)C(=O)N[C@H]1CCNC(=O)[C@H]([C@@H](C)O)NC(=O)[C@H](CCN)NC(=O)[C@H](CCN)NC(=O)[C@H](CC(C)C)NC(=O)[C@@H](CC(C)C)NC(=O)[C@H](CCN)NC1=O)[C@@H](C)O. The molecule has 1 fully saturated rings. The minimum atomic E-state index is -1.67. The number of hydrogen-bond acceptors (Lipinski definition) is 17. The molecule has 0 aliphatic carbocycles. The largest absolute Gasteiger partial charge is 0.391 e. The van der Waals surface area contributed by atoms with E-state index >= 15 is 0 Å². The van der Waals surface area contributed by atoms with E-state index in [-0.39, 0.29) is 88.9 Å². The zero-order valence-corrected chi connectivity index (χ0v) is 47.5. The first-order valence-electron chi connectivity index (χ1n) is 27.7. The van der Waals surface area contributed by atoms with Gasteiger partial charge >= 0.3 is 0 Å². The molecule has 0 saturated carbocycles. The van der Waals surface area contributed by atoms with Crippen molar-refractivity contribution < 1.29 is 63.0 Å². The molecule has 0 unspecified atom stereocenters. The third kappa shape index (κ3) is 26.6. The number of aliphatic hydroxyl groups excluding tert-OH is 2. The molecule has 11 amide bonds. The molecule has 1 saturated heterocycles. The van der Waals surface area contributed by atoms with Crippen LogP contribution in [0.2, 0.25) is 0 Å². The lowest BCUT2D eigenvalue weighted by molar-refractivity contribution is -0.137. The second-order valence-electron chi connectivity index (χ2n) is 21.0. The summed E-state index contributed by atoms with van der Waals surface area (Å²) < 4.78 is 0. The number of hydrogen-bond donors (Lipinski definition) is 17. The molecule has 0 radical (unpaired) electrons. The molecule has 0 aromatic rings. The maximum Gasteiger partial charge on any atom is 0.245 e. The van der Waals surface area contributed by atoms with Crippen LogP contribution in [0.1, 0.15) is 139 Å². The van der Waals surface area contributed by atoms with E-state index in [9.17, 15) is 63.0 Å². The predicted molar refractivity (Wildman–Crippen MR) is 293 cm³/mol. The Kier molecular flexibility index (Phi) is 33.9. The summed E-state index contributed by atoms with van der Waals surface area (Å²) in [7, 11) is 0. The summed E-state index contributed by atoms with van der Waals surface area (Å²) in [5, 5.41) is 49.2. The van der Waals surface area contributed by atoms with Crippen molar-refractivity contribution in [3.05, 3.63) is 0 Å². The summed E-state index contributed by atoms with van der Waals surface area (Å²) in [5.74, 6) is -9.85. The van der Waals surface area contributed by atoms with Crippen LogP contribution in [0.15, 0.2) is 0 Å². The number of aliphatic hydroxyl groups is 2. The van der Waals surface area contributed by atoms with Crippen molar-refractivity contribution in [1.29, 1.82) is 0 Å². The molecular formula is C51H95N15O13. The Morgan fingerprint density at radius 1 is 0.544 bits per heavy atom. The Morgan fingerprint density at radius 3 is 1.44 bits per heavy atom. The van der Waals surface area contributed by atoms with Gasteiger partial charge < -0.3 is 91.6 Å². The van der Waals surface area contributed by atoms with Gasteiger partial charge in [0.1, 0.15) is 60.4 Å². The van der Waals surface area contributed by atoms with E-state index in [0.717, 1.165) is 25.7 Å². The topological polar surface area (TPSA) is 465 Å². The molecule has 0 bridgehead atoms. The molecule has 1 heterocycles. The van der Waals surface area contributed by atoms with E-state index in [4.69, 9.17) is 22.9 Å². The maximum atomic E-state index is 14.4. The first kappa shape index (κ1) is 70.9. The Labute approximate surface area is 464 Å². The highest BCUT2D eigenvalue weighted by molar-refractivity contribution is 5.99. The van der Waals surface area contributed by atoms with Crippen LogP contribution in [-0.2, 0) is 52.7 Å². The summed E-state index contributed by atoms with van der Waals surface area (Å²) in [6.45, 7) is 12.0. The summed E-state index contributed by atoms with van der Waals surface area (Å²) >= 11 is 0. The van der Waals surface area contributed by atoms with Crippen molar-refractivity contribution in [3.8, 4) is 0 Å². The number of carbonyl (C=O) groups excluding carboxylic acids is 11. The highest BCUT2D eigenvalue weighted by Gasteiger charge is 2.37. The van der Waals surface area contributed by atoms with Gasteiger partial charge in [0.15, 0.2) is 0 Å². The second-order valence-corrected chi connectivity index (χ2v) is 21.0. The van der Waals surface area contributed by atoms with Crippen molar-refractivity contribution >= 4 is 65.0 Å². The van der Waals surface area contributed by atoms with Gasteiger partial charge in [0.05, 0.1) is 12.2 Å². The summed E-state index contributed by atoms with van der Waals surface area (Å²) in [6, 6.07) is -14.3. The number of amides is 11. The lowest BCUT2D eigenvalue weighted by atomic mass is 9.99. The van der Waals surface area contributed by atoms with Gasteiger partial charge in [0.2, 0.25) is 65.0 Å². The molecule has 1 aliphatic rings. The second kappa shape index (κ2) is 37.7. The van der Waals surface area contributed by atoms with E-state index < -0.39 is 145 Å². The molecule has 0 spiro atoms. The van der Waals surface area contributed by atoms with Crippen LogP contribution in [0.25, 0.3) is 0 Å². The maximum absolute atomic E-state index is 14.4. The molecule has 0 aromatic heterocycles. The molecule has 1 aliphatic heterocycles. The minimum absolute atomic E-state index is 0.0498. The van der Waals surface area contributed by atoms with E-state index in [0.29, 0.717) is 6.42 Å². The Morgan fingerprint density at radius 2 is 1.00 bits per heavy atom. The van der Waals surface area contributed by atoms with Crippen LogP contribution in [0.3, 0.4) is 0 Å². The van der Waals surface area contributed by atoms with E-state index in [1.165, 1.54) is 20.8 Å². The predicted octanol–water partition coefficient (Wildman–Crippen LogP) is -5.02. The van der Waals surface area contributed by atoms with Crippen LogP contribution < -0.4 is 81.4 Å². The van der Waals surface area contributed by atoms with Gasteiger partial charge in [0.25, 0.3) is 0 Å². The van der Waals surface area contributed by atoms with E-state index in [1.807, 2.05) is 0 Å². The number of rotatable bonds is 27. The first-order chi connectivity index (χ1) is 37.2. The molecular weight excluding hydrogens is 1030 g/mol. The molecule has 1 rings (SSSR count). The van der Waals surface area contributed by atoms with Crippen LogP contribution in [-0.4, -0.2) is 181 Å². The van der Waals surface area contributed by atoms with Gasteiger partial charge in [-0.2, -0.15) is 0 Å². The van der Waals surface area contributed by atoms with Crippen LogP contribution in [0, 0.1) is 11.8 Å². The lowest BCUT2D eigenvalue weighted by Gasteiger charge is -2.29. The fourth-order valence-corrected chi connectivity index (χ4v) is 8.37. The molecule has 0 aromatic carbocycles.